The Bertz CT molecular complexity index is 2040. The van der Waals surface area contributed by atoms with Gasteiger partial charge >= 0.3 is 11.9 Å². The van der Waals surface area contributed by atoms with Crippen molar-refractivity contribution in [3.05, 3.63) is 35.4 Å². The molecule has 6 aromatic heterocycles. The van der Waals surface area contributed by atoms with Gasteiger partial charge in [0.25, 0.3) is 0 Å². The van der Waals surface area contributed by atoms with Gasteiger partial charge in [-0.1, -0.05) is 83.1 Å². The molecule has 292 valence electrons. The first-order chi connectivity index (χ1) is 25.5. The van der Waals surface area contributed by atoms with Crippen molar-refractivity contribution < 1.29 is 19.1 Å². The third kappa shape index (κ3) is 6.60. The molecule has 0 fully saturated rings. The summed E-state index contributed by atoms with van der Waals surface area (Å²) in [6, 6.07) is 9.48. The van der Waals surface area contributed by atoms with E-state index in [2.05, 4.69) is 107 Å². The van der Waals surface area contributed by atoms with E-state index >= 15 is 0 Å². The van der Waals surface area contributed by atoms with Crippen LogP contribution in [0.25, 0.3) is 47.7 Å². The highest BCUT2D eigenvalue weighted by Gasteiger charge is 2.47. The summed E-state index contributed by atoms with van der Waals surface area (Å²) in [5.41, 5.74) is 4.96. The molecular formula is C42H56O4S6Si2. The zero-order chi connectivity index (χ0) is 39.6. The third-order valence-corrected chi connectivity index (χ3v) is 35.2. The van der Waals surface area contributed by atoms with Gasteiger partial charge in [-0.25, -0.2) is 9.59 Å². The van der Waals surface area contributed by atoms with Crippen molar-refractivity contribution in [1.82, 2.24) is 0 Å². The van der Waals surface area contributed by atoms with Crippen LogP contribution in [-0.2, 0) is 9.47 Å². The quantitative estimate of drug-likeness (QED) is 0.0808. The van der Waals surface area contributed by atoms with Gasteiger partial charge in [0, 0.05) is 28.6 Å². The molecule has 0 N–H and O–H groups in total. The number of fused-ring (bicyclic) bond motifs is 3. The Kier molecular flexibility index (Phi) is 12.4. The number of carbonyl (C=O) groups excluding carboxylic acids is 2. The monoisotopic (exact) mass is 872 g/mol. The van der Waals surface area contributed by atoms with E-state index in [4.69, 9.17) is 9.47 Å². The average molecular weight is 873 g/mol. The maximum Gasteiger partial charge on any atom is 0.341 e. The first-order valence-electron chi connectivity index (χ1n) is 19.5. The van der Waals surface area contributed by atoms with E-state index in [0.29, 0.717) is 44.4 Å². The molecule has 0 radical (unpaired) electrons. The van der Waals surface area contributed by atoms with Crippen LogP contribution in [0.1, 0.15) is 118 Å². The predicted molar refractivity (Wildman–Crippen MR) is 250 cm³/mol. The lowest BCUT2D eigenvalue weighted by Gasteiger charge is -2.42. The second kappa shape index (κ2) is 15.9. The highest BCUT2D eigenvalue weighted by atomic mass is 32.1. The van der Waals surface area contributed by atoms with Crippen LogP contribution in [0.3, 0.4) is 0 Å². The van der Waals surface area contributed by atoms with Gasteiger partial charge in [-0.15, -0.1) is 68.0 Å². The molecule has 54 heavy (non-hydrogen) atoms. The fourth-order valence-electron chi connectivity index (χ4n) is 10.1. The number of ether oxygens (including phenoxy) is 2. The lowest BCUT2D eigenvalue weighted by molar-refractivity contribution is 0.0519. The topological polar surface area (TPSA) is 52.6 Å². The van der Waals surface area contributed by atoms with Gasteiger partial charge in [0.05, 0.1) is 43.5 Å². The van der Waals surface area contributed by atoms with E-state index < -0.39 is 16.1 Å². The lowest BCUT2D eigenvalue weighted by atomic mass is 10.1. The molecule has 0 saturated carbocycles. The maximum atomic E-state index is 13.9. The maximum absolute atomic E-state index is 13.9. The van der Waals surface area contributed by atoms with Gasteiger partial charge < -0.3 is 9.47 Å². The first-order valence-corrected chi connectivity index (χ1v) is 28.8. The van der Waals surface area contributed by atoms with Crippen molar-refractivity contribution in [1.29, 1.82) is 0 Å². The minimum Gasteiger partial charge on any atom is -0.462 e. The Labute approximate surface area is 348 Å². The zero-order valence-corrected chi connectivity index (χ0v) is 41.2. The molecule has 0 bridgehead atoms. The van der Waals surface area contributed by atoms with E-state index in [1.54, 1.807) is 54.3 Å². The van der Waals surface area contributed by atoms with Crippen molar-refractivity contribution in [3.63, 3.8) is 0 Å². The molecule has 12 heteroatoms. The van der Waals surface area contributed by atoms with Crippen LogP contribution in [-0.4, -0.2) is 41.3 Å². The van der Waals surface area contributed by atoms with Gasteiger partial charge in [0.1, 0.15) is 16.1 Å². The number of hydrogen-bond donors (Lipinski definition) is 0. The van der Waals surface area contributed by atoms with Gasteiger partial charge in [-0.05, 0) is 80.4 Å². The summed E-state index contributed by atoms with van der Waals surface area (Å²) in [6.45, 7) is 33.3. The average Bonchev–Trinajstić information content (AvgIpc) is 3.88. The molecule has 0 aliphatic rings. The minimum atomic E-state index is -1.80. The van der Waals surface area contributed by atoms with E-state index in [1.165, 1.54) is 18.8 Å². The van der Waals surface area contributed by atoms with Crippen LogP contribution in [0.15, 0.2) is 24.3 Å². The Balaban J connectivity index is 1.52. The Hall–Kier alpha value is -1.65. The fraction of sp³-hybridized carbons (Fsp3) is 0.524. The molecule has 6 aromatic rings. The second-order valence-corrected chi connectivity index (χ2v) is 35.2. The van der Waals surface area contributed by atoms with Crippen molar-refractivity contribution in [3.8, 4) is 19.5 Å². The minimum absolute atomic E-state index is 0.283. The van der Waals surface area contributed by atoms with Gasteiger partial charge in [0.15, 0.2) is 0 Å². The lowest BCUT2D eigenvalue weighted by Crippen LogP contribution is -2.54. The third-order valence-electron chi connectivity index (χ3n) is 11.9. The predicted octanol–water partition coefficient (Wildman–Crippen LogP) is 15.0. The molecule has 0 aliphatic heterocycles. The van der Waals surface area contributed by atoms with E-state index in [1.807, 2.05) is 36.5 Å². The molecular weight excluding hydrogens is 817 g/mol. The van der Waals surface area contributed by atoms with Crippen molar-refractivity contribution in [2.24, 2.45) is 0 Å². The molecule has 0 aromatic carbocycles. The summed E-state index contributed by atoms with van der Waals surface area (Å²) >= 11 is 10.5. The molecule has 4 nitrogen and oxygen atoms in total. The number of carbonyl (C=O) groups is 2. The molecule has 0 amide bonds. The Morgan fingerprint density at radius 1 is 0.481 bits per heavy atom. The molecule has 6 rings (SSSR count). The number of hydrogen-bond acceptors (Lipinski definition) is 10. The number of esters is 2. The van der Waals surface area contributed by atoms with E-state index in [9.17, 15) is 9.59 Å². The van der Waals surface area contributed by atoms with Crippen LogP contribution in [0.2, 0.25) is 33.2 Å². The molecule has 0 spiro atoms. The van der Waals surface area contributed by atoms with Gasteiger partial charge in [0.2, 0.25) is 0 Å². The Morgan fingerprint density at radius 2 is 0.778 bits per heavy atom. The van der Waals surface area contributed by atoms with Crippen molar-refractivity contribution >= 4 is 133 Å². The Morgan fingerprint density at radius 3 is 1.04 bits per heavy atom. The zero-order valence-electron chi connectivity index (χ0n) is 34.3. The van der Waals surface area contributed by atoms with Crippen molar-refractivity contribution in [2.75, 3.05) is 13.2 Å². The second-order valence-electron chi connectivity index (χ2n) is 16.4. The molecule has 0 atom stereocenters. The number of thiophene rings is 6. The molecule has 0 saturated heterocycles. The van der Waals surface area contributed by atoms with Crippen LogP contribution >= 0.6 is 68.0 Å². The van der Waals surface area contributed by atoms with Gasteiger partial charge in [-0.2, -0.15) is 0 Å². The summed E-state index contributed by atoms with van der Waals surface area (Å²) < 4.78 is 21.4. The van der Waals surface area contributed by atoms with Crippen molar-refractivity contribution in [2.45, 2.75) is 130 Å². The SMILES string of the molecule is CCOC(=O)c1c(-c2cc3sc([Si](C(C)C)(C(C)C)C(C)C)cc3s2)sc2c(C(=O)OCC)c(-c3cc4sc([Si](C(C)C)(C(C)C)C(C)C)cc4s3)sc12. The first kappa shape index (κ1) is 42.0. The fourth-order valence-corrected chi connectivity index (χ4v) is 36.2. The number of rotatable bonds is 14. The molecule has 0 aliphatic carbocycles. The summed E-state index contributed by atoms with van der Waals surface area (Å²) in [4.78, 5) is 31.7. The summed E-state index contributed by atoms with van der Waals surface area (Å²) in [6.07, 6.45) is 0. The van der Waals surface area contributed by atoms with Gasteiger partial charge in [-0.3, -0.25) is 0 Å². The van der Waals surface area contributed by atoms with Crippen LogP contribution in [0, 0.1) is 0 Å². The van der Waals surface area contributed by atoms with Crippen LogP contribution in [0.5, 0.6) is 0 Å². The largest absolute Gasteiger partial charge is 0.462 e. The summed E-state index contributed by atoms with van der Waals surface area (Å²) in [5.74, 6) is -0.668. The normalized spacial score (nSPS) is 13.2. The van der Waals surface area contributed by atoms with Crippen LogP contribution in [0.4, 0.5) is 0 Å². The van der Waals surface area contributed by atoms with E-state index in [0.717, 1.165) is 28.9 Å². The highest BCUT2D eigenvalue weighted by molar-refractivity contribution is 7.40. The van der Waals surface area contributed by atoms with E-state index in [-0.39, 0.29) is 25.2 Å². The summed E-state index contributed by atoms with van der Waals surface area (Å²) in [5, 5.41) is 0. The highest BCUT2D eigenvalue weighted by Crippen LogP contribution is 2.54. The smallest absolute Gasteiger partial charge is 0.341 e. The standard InChI is InChI=1S/C42H56O4S6Si2/c1-15-45-41(43)35-37(31-17-27-29(47-31)19-33(49-27)53(21(3)4,22(5)6)23(7)8)51-40-36(42(44)46-16-2)38(52-39(35)40)32-18-28-30(48-32)20-34(50-28)54(24(9)10,25(11)12)26(13)14/h17-26H,15-16H2,1-14H3. The summed E-state index contributed by atoms with van der Waals surface area (Å²) in [7, 11) is -3.59. The molecule has 0 unspecified atom stereocenters. The van der Waals surface area contributed by atoms with Crippen LogP contribution < -0.4 is 9.00 Å². The molecule has 6 heterocycles.